The summed E-state index contributed by atoms with van der Waals surface area (Å²) in [5.41, 5.74) is 1.39. The van der Waals surface area contributed by atoms with Crippen LogP contribution in [0.2, 0.25) is 15.3 Å². The predicted octanol–water partition coefficient (Wildman–Crippen LogP) is 6.41. The van der Waals surface area contributed by atoms with Gasteiger partial charge in [-0.25, -0.2) is 14.4 Å². The minimum Gasteiger partial charge on any atom is -0.490 e. The van der Waals surface area contributed by atoms with Crippen molar-refractivity contribution in [3.05, 3.63) is 69.2 Å². The van der Waals surface area contributed by atoms with Gasteiger partial charge in [0.15, 0.2) is 11.0 Å². The Bertz CT molecular complexity index is 1160. The van der Waals surface area contributed by atoms with Crippen LogP contribution in [0.3, 0.4) is 0 Å². The van der Waals surface area contributed by atoms with E-state index in [4.69, 9.17) is 39.5 Å². The van der Waals surface area contributed by atoms with Gasteiger partial charge in [0, 0.05) is 29.7 Å². The van der Waals surface area contributed by atoms with Crippen LogP contribution >= 0.6 is 34.8 Å². The minimum absolute atomic E-state index is 0.111. The van der Waals surface area contributed by atoms with E-state index in [1.165, 1.54) is 24.7 Å². The number of pyridine rings is 1. The highest BCUT2D eigenvalue weighted by atomic mass is 35.5. The number of nitrogens with one attached hydrogen (secondary N) is 1. The number of hydrogen-bond acceptors (Lipinski definition) is 5. The van der Waals surface area contributed by atoms with Crippen LogP contribution in [0, 0.1) is 5.82 Å². The summed E-state index contributed by atoms with van der Waals surface area (Å²) in [5, 5.41) is 3.19. The van der Waals surface area contributed by atoms with E-state index in [1.807, 2.05) is 13.8 Å². The van der Waals surface area contributed by atoms with Gasteiger partial charge in [-0.05, 0) is 45.9 Å². The lowest BCUT2D eigenvalue weighted by molar-refractivity contribution is -0.122. The quantitative estimate of drug-likeness (QED) is 0.371. The molecule has 0 aliphatic carbocycles. The van der Waals surface area contributed by atoms with Crippen LogP contribution in [-0.4, -0.2) is 27.0 Å². The maximum atomic E-state index is 15.2. The Morgan fingerprint density at radius 2 is 1.76 bits per heavy atom. The van der Waals surface area contributed by atoms with E-state index in [-0.39, 0.29) is 38.7 Å². The summed E-state index contributed by atoms with van der Waals surface area (Å²) in [6.07, 6.45) is 4.09. The van der Waals surface area contributed by atoms with E-state index in [2.05, 4.69) is 20.3 Å². The molecule has 0 saturated heterocycles. The van der Waals surface area contributed by atoms with Crippen LogP contribution in [0.5, 0.6) is 5.75 Å². The highest BCUT2D eigenvalue weighted by Gasteiger charge is 2.28. The average molecular weight is 512 g/mol. The Kier molecular flexibility index (Phi) is 8.10. The average Bonchev–Trinajstić information content (AvgIpc) is 2.76. The van der Waals surface area contributed by atoms with Gasteiger partial charge in [-0.15, -0.1) is 0 Å². The van der Waals surface area contributed by atoms with Gasteiger partial charge in [0.2, 0.25) is 5.91 Å². The number of carbonyl (C=O) groups is 1. The van der Waals surface area contributed by atoms with Crippen molar-refractivity contribution in [1.82, 2.24) is 20.3 Å². The number of ether oxygens (including phenoxy) is 1. The summed E-state index contributed by atoms with van der Waals surface area (Å²) in [7, 11) is 0. The molecule has 0 aliphatic heterocycles. The van der Waals surface area contributed by atoms with E-state index in [1.54, 1.807) is 26.0 Å². The van der Waals surface area contributed by atoms with Gasteiger partial charge >= 0.3 is 0 Å². The first kappa shape index (κ1) is 25.1. The number of aromatic nitrogens is 3. The second-order valence-corrected chi connectivity index (χ2v) is 8.84. The maximum Gasteiger partial charge on any atom is 0.227 e. The Labute approximate surface area is 206 Å². The molecule has 0 aliphatic rings. The molecule has 3 aromatic rings. The van der Waals surface area contributed by atoms with Gasteiger partial charge < -0.3 is 10.1 Å². The summed E-state index contributed by atoms with van der Waals surface area (Å²) in [6, 6.07) is 4.06. The number of benzene rings is 1. The lowest BCUT2D eigenvalue weighted by Crippen LogP contribution is -2.31. The highest BCUT2D eigenvalue weighted by Crippen LogP contribution is 2.43. The fraction of sp³-hybridized carbons (Fsp3) is 0.304. The van der Waals surface area contributed by atoms with Crippen molar-refractivity contribution in [1.29, 1.82) is 0 Å². The summed E-state index contributed by atoms with van der Waals surface area (Å²) in [6.45, 7) is 7.04. The van der Waals surface area contributed by atoms with E-state index < -0.39 is 17.8 Å². The van der Waals surface area contributed by atoms with E-state index in [0.717, 1.165) is 0 Å². The zero-order valence-corrected chi connectivity index (χ0v) is 20.6. The second kappa shape index (κ2) is 10.6. The zero-order valence-electron chi connectivity index (χ0n) is 18.4. The lowest BCUT2D eigenvalue weighted by Gasteiger charge is -2.24. The molecular weight excluding hydrogens is 490 g/mol. The largest absolute Gasteiger partial charge is 0.490 e. The molecule has 33 heavy (non-hydrogen) atoms. The van der Waals surface area contributed by atoms with Crippen molar-refractivity contribution in [3.8, 4) is 16.9 Å². The molecule has 0 spiro atoms. The van der Waals surface area contributed by atoms with E-state index in [0.29, 0.717) is 16.8 Å². The molecule has 6 nitrogen and oxygen atoms in total. The van der Waals surface area contributed by atoms with Gasteiger partial charge in [-0.2, -0.15) is 0 Å². The molecule has 10 heteroatoms. The topological polar surface area (TPSA) is 77.0 Å². The predicted molar refractivity (Wildman–Crippen MR) is 127 cm³/mol. The summed E-state index contributed by atoms with van der Waals surface area (Å²) >= 11 is 18.2. The molecule has 2 heterocycles. The monoisotopic (exact) mass is 510 g/mol. The van der Waals surface area contributed by atoms with Crippen LogP contribution in [0.1, 0.15) is 50.9 Å². The molecule has 0 saturated carbocycles. The Hall–Kier alpha value is -2.48. The highest BCUT2D eigenvalue weighted by molar-refractivity contribution is 6.31. The minimum atomic E-state index is -0.742. The molecule has 2 aromatic heterocycles. The molecule has 1 amide bonds. The number of halogens is 4. The van der Waals surface area contributed by atoms with Crippen molar-refractivity contribution < 1.29 is 13.9 Å². The second-order valence-electron chi connectivity index (χ2n) is 7.69. The van der Waals surface area contributed by atoms with E-state index >= 15 is 4.39 Å². The van der Waals surface area contributed by atoms with Gasteiger partial charge in [0.1, 0.15) is 10.9 Å². The first-order chi connectivity index (χ1) is 15.6. The SMILES string of the molecule is CC(C)Oc1c(C(C)C(=O)NC(C)c2nccnc2Cl)cc(Cl)c(F)c1-c1ccc(Cl)nc1. The third-order valence-electron chi connectivity index (χ3n) is 4.88. The summed E-state index contributed by atoms with van der Waals surface area (Å²) < 4.78 is 21.2. The van der Waals surface area contributed by atoms with Crippen LogP contribution < -0.4 is 10.1 Å². The smallest absolute Gasteiger partial charge is 0.227 e. The molecular formula is C23H22Cl3FN4O2. The van der Waals surface area contributed by atoms with Gasteiger partial charge in [-0.1, -0.05) is 34.8 Å². The number of hydrogen-bond donors (Lipinski definition) is 1. The van der Waals surface area contributed by atoms with Crippen LogP contribution in [0.4, 0.5) is 4.39 Å². The molecule has 174 valence electrons. The zero-order chi connectivity index (χ0) is 24.3. The Morgan fingerprint density at radius 3 is 2.36 bits per heavy atom. The van der Waals surface area contributed by atoms with Gasteiger partial charge in [0.05, 0.1) is 34.3 Å². The Balaban J connectivity index is 2.04. The lowest BCUT2D eigenvalue weighted by atomic mass is 9.93. The molecule has 0 fully saturated rings. The standard InChI is InChI=1S/C23H22Cl3FN4O2/c1-11(2)33-21-15(9-16(24)19(27)18(21)14-5-6-17(25)30-10-14)12(3)23(32)31-13(4)20-22(26)29-8-7-28-20/h5-13H,1-4H3,(H,31,32). The first-order valence-electron chi connectivity index (χ1n) is 10.2. The summed E-state index contributed by atoms with van der Waals surface area (Å²) in [5.74, 6) is -1.55. The molecule has 2 unspecified atom stereocenters. The van der Waals surface area contributed by atoms with Crippen molar-refractivity contribution in [2.75, 3.05) is 0 Å². The molecule has 2 atom stereocenters. The molecule has 1 N–H and O–H groups in total. The fourth-order valence-corrected chi connectivity index (χ4v) is 3.86. The summed E-state index contributed by atoms with van der Waals surface area (Å²) in [4.78, 5) is 25.3. The maximum absolute atomic E-state index is 15.2. The van der Waals surface area contributed by atoms with Crippen LogP contribution in [0.15, 0.2) is 36.8 Å². The molecule has 3 rings (SSSR count). The van der Waals surface area contributed by atoms with Crippen molar-refractivity contribution >= 4 is 40.7 Å². The normalized spacial score (nSPS) is 13.0. The number of carbonyl (C=O) groups excluding carboxylic acids is 1. The third kappa shape index (κ3) is 5.72. The number of nitrogens with zero attached hydrogens (tertiary/aromatic N) is 3. The van der Waals surface area contributed by atoms with Crippen molar-refractivity contribution in [2.45, 2.75) is 45.8 Å². The van der Waals surface area contributed by atoms with Crippen LogP contribution in [-0.2, 0) is 4.79 Å². The Morgan fingerprint density at radius 1 is 1.06 bits per heavy atom. The number of amides is 1. The molecule has 0 bridgehead atoms. The van der Waals surface area contributed by atoms with Crippen molar-refractivity contribution in [2.24, 2.45) is 0 Å². The third-order valence-corrected chi connectivity index (χ3v) is 5.67. The van der Waals surface area contributed by atoms with Crippen molar-refractivity contribution in [3.63, 3.8) is 0 Å². The molecule has 1 aromatic carbocycles. The first-order valence-corrected chi connectivity index (χ1v) is 11.3. The van der Waals surface area contributed by atoms with E-state index in [9.17, 15) is 4.79 Å². The number of rotatable bonds is 7. The van der Waals surface area contributed by atoms with Gasteiger partial charge in [0.25, 0.3) is 0 Å². The van der Waals surface area contributed by atoms with Gasteiger partial charge in [-0.3, -0.25) is 9.78 Å². The fourth-order valence-electron chi connectivity index (χ4n) is 3.26. The van der Waals surface area contributed by atoms with Crippen LogP contribution in [0.25, 0.3) is 11.1 Å². The molecule has 0 radical (unpaired) electrons.